The molecule has 0 saturated carbocycles. The van der Waals surface area contributed by atoms with Crippen LogP contribution in [0.15, 0.2) is 18.2 Å². The number of rotatable bonds is 8. The number of nitrogens with zero attached hydrogens (tertiary/aromatic N) is 1. The Morgan fingerprint density at radius 3 is 2.60 bits per heavy atom. The van der Waals surface area contributed by atoms with Crippen molar-refractivity contribution in [2.75, 3.05) is 18.5 Å². The third-order valence-corrected chi connectivity index (χ3v) is 8.56. The normalized spacial score (nSPS) is 34.1. The van der Waals surface area contributed by atoms with Crippen LogP contribution < -0.4 is 10.6 Å². The number of carbonyl (C=O) groups is 3. The zero-order valence-corrected chi connectivity index (χ0v) is 21.7. The Balaban J connectivity index is 1.80. The van der Waals surface area contributed by atoms with Crippen LogP contribution in [-0.2, 0) is 19.1 Å². The predicted molar refractivity (Wildman–Crippen MR) is 133 cm³/mol. The van der Waals surface area contributed by atoms with Crippen molar-refractivity contribution in [1.82, 2.24) is 10.2 Å². The number of hydrogen-bond acceptors (Lipinski definition) is 5. The number of ether oxygens (including phenoxy) is 1. The van der Waals surface area contributed by atoms with Crippen molar-refractivity contribution in [2.45, 2.75) is 84.1 Å². The lowest BCUT2D eigenvalue weighted by atomic mass is 9.62. The van der Waals surface area contributed by atoms with Crippen LogP contribution in [0.25, 0.3) is 0 Å². The molecule has 7 atom stereocenters. The van der Waals surface area contributed by atoms with E-state index in [1.807, 2.05) is 59.7 Å². The van der Waals surface area contributed by atoms with E-state index in [0.29, 0.717) is 25.1 Å². The fraction of sp³-hybridized carbons (Fsp3) is 0.667. The zero-order valence-electron chi connectivity index (χ0n) is 21.7. The molecule has 3 saturated heterocycles. The first-order valence-electron chi connectivity index (χ1n) is 12.8. The van der Waals surface area contributed by atoms with Gasteiger partial charge in [0.15, 0.2) is 0 Å². The quantitative estimate of drug-likeness (QED) is 0.525. The number of aryl methyl sites for hydroxylation is 2. The summed E-state index contributed by atoms with van der Waals surface area (Å²) in [7, 11) is 0. The molecule has 1 aromatic carbocycles. The van der Waals surface area contributed by atoms with E-state index in [9.17, 15) is 19.5 Å². The number of aliphatic hydroxyl groups excluding tert-OH is 1. The second kappa shape index (κ2) is 9.21. The summed E-state index contributed by atoms with van der Waals surface area (Å²) >= 11 is 0. The molecule has 4 rings (SSSR count). The van der Waals surface area contributed by atoms with Crippen molar-refractivity contribution in [1.29, 1.82) is 0 Å². The molecular weight excluding hydrogens is 446 g/mol. The van der Waals surface area contributed by atoms with Crippen molar-refractivity contribution in [3.8, 4) is 0 Å². The van der Waals surface area contributed by atoms with Crippen molar-refractivity contribution in [3.05, 3.63) is 29.3 Å². The summed E-state index contributed by atoms with van der Waals surface area (Å²) in [6.07, 6.45) is 1.77. The van der Waals surface area contributed by atoms with Gasteiger partial charge in [-0.3, -0.25) is 14.4 Å². The molecule has 3 aliphatic heterocycles. The van der Waals surface area contributed by atoms with Crippen molar-refractivity contribution >= 4 is 23.4 Å². The molecule has 0 aliphatic carbocycles. The van der Waals surface area contributed by atoms with E-state index in [1.165, 1.54) is 4.90 Å². The highest BCUT2D eigenvalue weighted by molar-refractivity contribution is 6.04. The maximum atomic E-state index is 14.0. The van der Waals surface area contributed by atoms with Gasteiger partial charge in [-0.25, -0.2) is 0 Å². The van der Waals surface area contributed by atoms with Gasteiger partial charge in [-0.05, 0) is 63.1 Å². The molecule has 3 aliphatic rings. The van der Waals surface area contributed by atoms with Crippen LogP contribution in [0.3, 0.4) is 0 Å². The summed E-state index contributed by atoms with van der Waals surface area (Å²) in [5, 5.41) is 16.2. The molecule has 1 spiro atoms. The molecule has 8 nitrogen and oxygen atoms in total. The first-order valence-corrected chi connectivity index (χ1v) is 12.8. The maximum Gasteiger partial charge on any atom is 0.250 e. The second-order valence-electron chi connectivity index (χ2n) is 10.8. The fourth-order valence-electron chi connectivity index (χ4n) is 6.61. The van der Waals surface area contributed by atoms with Gasteiger partial charge >= 0.3 is 0 Å². The molecule has 0 aromatic heterocycles. The Morgan fingerprint density at radius 2 is 1.97 bits per heavy atom. The summed E-state index contributed by atoms with van der Waals surface area (Å²) in [4.78, 5) is 42.9. The van der Waals surface area contributed by atoms with Gasteiger partial charge < -0.3 is 25.4 Å². The van der Waals surface area contributed by atoms with Gasteiger partial charge in [-0.15, -0.1) is 0 Å². The molecule has 3 unspecified atom stereocenters. The van der Waals surface area contributed by atoms with E-state index < -0.39 is 35.1 Å². The largest absolute Gasteiger partial charge is 0.394 e. The number of likely N-dealkylation sites (tertiary alicyclic amines) is 1. The second-order valence-corrected chi connectivity index (χ2v) is 10.8. The van der Waals surface area contributed by atoms with E-state index in [0.717, 1.165) is 17.5 Å². The molecule has 192 valence electrons. The van der Waals surface area contributed by atoms with Crippen LogP contribution in [0, 0.1) is 31.6 Å². The van der Waals surface area contributed by atoms with Gasteiger partial charge in [0, 0.05) is 12.2 Å². The molecule has 1 aromatic rings. The van der Waals surface area contributed by atoms with E-state index in [4.69, 9.17) is 4.74 Å². The number of hydrogen-bond donors (Lipinski definition) is 3. The number of fused-ring (bicyclic) bond motifs is 1. The lowest BCUT2D eigenvalue weighted by molar-refractivity contribution is -0.149. The molecule has 0 radical (unpaired) electrons. The predicted octanol–water partition coefficient (Wildman–Crippen LogP) is 2.55. The van der Waals surface area contributed by atoms with E-state index in [2.05, 4.69) is 10.6 Å². The molecule has 35 heavy (non-hydrogen) atoms. The zero-order chi connectivity index (χ0) is 25.7. The van der Waals surface area contributed by atoms with Crippen LogP contribution in [-0.4, -0.2) is 64.2 Å². The monoisotopic (exact) mass is 485 g/mol. The van der Waals surface area contributed by atoms with Crippen molar-refractivity contribution < 1.29 is 24.2 Å². The highest BCUT2D eigenvalue weighted by atomic mass is 16.5. The van der Waals surface area contributed by atoms with Gasteiger partial charge in [0.25, 0.3) is 0 Å². The topological polar surface area (TPSA) is 108 Å². The molecular formula is C27H39N3O5. The Kier molecular flexibility index (Phi) is 6.74. The number of benzene rings is 1. The van der Waals surface area contributed by atoms with E-state index in [-0.39, 0.29) is 30.2 Å². The third kappa shape index (κ3) is 3.76. The molecule has 3 heterocycles. The fourth-order valence-corrected chi connectivity index (χ4v) is 6.61. The average molecular weight is 486 g/mol. The highest BCUT2D eigenvalue weighted by Crippen LogP contribution is 2.65. The SMILES string of the molecule is CCCNC(=O)[C@H]1[C@H]2C(=O)N([C@@H](CC)CO)C(C(=O)Nc3cc(C)ccc3C)C23CC(C)[C@]1(C)O3. The van der Waals surface area contributed by atoms with Gasteiger partial charge in [0.1, 0.15) is 11.6 Å². The summed E-state index contributed by atoms with van der Waals surface area (Å²) in [6.45, 7) is 11.9. The van der Waals surface area contributed by atoms with Crippen LogP contribution in [0.1, 0.15) is 58.1 Å². The van der Waals surface area contributed by atoms with Gasteiger partial charge in [-0.1, -0.05) is 32.9 Å². The average Bonchev–Trinajstić information content (AvgIpc) is 3.33. The van der Waals surface area contributed by atoms with Gasteiger partial charge in [-0.2, -0.15) is 0 Å². The smallest absolute Gasteiger partial charge is 0.250 e. The van der Waals surface area contributed by atoms with Gasteiger partial charge in [0.2, 0.25) is 17.7 Å². The molecule has 3 fully saturated rings. The third-order valence-electron chi connectivity index (χ3n) is 8.56. The molecule has 3 N–H and O–H groups in total. The van der Waals surface area contributed by atoms with Crippen LogP contribution in [0.5, 0.6) is 0 Å². The van der Waals surface area contributed by atoms with E-state index >= 15 is 0 Å². The lowest BCUT2D eigenvalue weighted by Gasteiger charge is -2.36. The minimum absolute atomic E-state index is 0.0194. The number of aliphatic hydroxyl groups is 1. The summed E-state index contributed by atoms with van der Waals surface area (Å²) in [5.41, 5.74) is 0.641. The molecule has 3 amide bonds. The van der Waals surface area contributed by atoms with Crippen LogP contribution in [0.4, 0.5) is 5.69 Å². The van der Waals surface area contributed by atoms with Gasteiger partial charge in [0.05, 0.1) is 30.1 Å². The minimum atomic E-state index is -1.12. The van der Waals surface area contributed by atoms with Crippen LogP contribution in [0.2, 0.25) is 0 Å². The Bertz CT molecular complexity index is 1020. The Morgan fingerprint density at radius 1 is 1.26 bits per heavy atom. The first-order chi connectivity index (χ1) is 16.5. The standard InChI is InChI=1S/C27H39N3O5/c1-7-11-28-23(32)20-21-25(34)30(18(8-2)14-31)22(27(21)13-17(5)26(20,6)35-27)24(33)29-19-12-15(3)9-10-16(19)4/h9-10,12,17-18,20-22,31H,7-8,11,13-14H2,1-6H3,(H,28,32)(H,29,33)/t17?,18-,20+,21-,22?,26-,27?/m0/s1. The lowest BCUT2D eigenvalue weighted by Crippen LogP contribution is -2.56. The Hall–Kier alpha value is -2.45. The summed E-state index contributed by atoms with van der Waals surface area (Å²) in [5.74, 6) is -2.30. The van der Waals surface area contributed by atoms with Crippen molar-refractivity contribution in [3.63, 3.8) is 0 Å². The summed E-state index contributed by atoms with van der Waals surface area (Å²) in [6, 6.07) is 4.35. The molecule has 8 heteroatoms. The highest BCUT2D eigenvalue weighted by Gasteiger charge is 2.80. The van der Waals surface area contributed by atoms with Crippen LogP contribution >= 0.6 is 0 Å². The van der Waals surface area contributed by atoms with E-state index in [1.54, 1.807) is 0 Å². The number of nitrogens with one attached hydrogen (secondary N) is 2. The first kappa shape index (κ1) is 25.6. The minimum Gasteiger partial charge on any atom is -0.394 e. The number of anilines is 1. The number of amides is 3. The summed E-state index contributed by atoms with van der Waals surface area (Å²) < 4.78 is 6.70. The maximum absolute atomic E-state index is 14.0. The number of carbonyl (C=O) groups excluding carboxylic acids is 3. The Labute approximate surface area is 207 Å². The van der Waals surface area contributed by atoms with Crippen molar-refractivity contribution in [2.24, 2.45) is 17.8 Å². The molecule has 2 bridgehead atoms.